The molecule has 0 aliphatic heterocycles. The Kier molecular flexibility index (Phi) is 4.40. The summed E-state index contributed by atoms with van der Waals surface area (Å²) in [6.45, 7) is 4.25. The van der Waals surface area contributed by atoms with Crippen molar-refractivity contribution in [1.82, 2.24) is 4.37 Å². The minimum atomic E-state index is 1.09. The summed E-state index contributed by atoms with van der Waals surface area (Å²) in [5.74, 6) is 2.27. The van der Waals surface area contributed by atoms with Gasteiger partial charge < -0.3 is 0 Å². The van der Waals surface area contributed by atoms with E-state index in [-0.39, 0.29) is 0 Å². The SMILES string of the molecule is CCSC/C=C/c1cc(C)sn1. The summed E-state index contributed by atoms with van der Waals surface area (Å²) < 4.78 is 4.26. The van der Waals surface area contributed by atoms with Gasteiger partial charge in [-0.15, -0.1) is 0 Å². The van der Waals surface area contributed by atoms with Crippen molar-refractivity contribution in [3.8, 4) is 0 Å². The van der Waals surface area contributed by atoms with Gasteiger partial charge in [0.15, 0.2) is 0 Å². The fourth-order valence-electron chi connectivity index (χ4n) is 0.819. The molecule has 0 unspecified atom stereocenters. The fourth-order valence-corrected chi connectivity index (χ4v) is 1.82. The minimum absolute atomic E-state index is 1.09. The number of hydrogen-bond acceptors (Lipinski definition) is 3. The van der Waals surface area contributed by atoms with Crippen molar-refractivity contribution in [3.63, 3.8) is 0 Å². The average molecular weight is 199 g/mol. The Morgan fingerprint density at radius 3 is 3.08 bits per heavy atom. The summed E-state index contributed by atoms with van der Waals surface area (Å²) in [4.78, 5) is 1.28. The van der Waals surface area contributed by atoms with Crippen LogP contribution in [0.1, 0.15) is 17.5 Å². The molecule has 1 rings (SSSR count). The summed E-state index contributed by atoms with van der Waals surface area (Å²) in [6, 6.07) is 2.11. The van der Waals surface area contributed by atoms with Gasteiger partial charge in [0.2, 0.25) is 0 Å². The molecule has 0 aliphatic rings. The van der Waals surface area contributed by atoms with Gasteiger partial charge in [0.25, 0.3) is 0 Å². The molecule has 0 fully saturated rings. The van der Waals surface area contributed by atoms with Gasteiger partial charge >= 0.3 is 0 Å². The largest absolute Gasteiger partial charge is 0.193 e. The number of hydrogen-bond donors (Lipinski definition) is 0. The van der Waals surface area contributed by atoms with Crippen LogP contribution >= 0.6 is 23.3 Å². The summed E-state index contributed by atoms with van der Waals surface area (Å²) in [5.41, 5.74) is 1.09. The van der Waals surface area contributed by atoms with Crippen LogP contribution in [0.3, 0.4) is 0 Å². The second-order valence-corrected chi connectivity index (χ2v) is 4.75. The van der Waals surface area contributed by atoms with E-state index in [2.05, 4.69) is 36.4 Å². The third kappa shape index (κ3) is 3.41. The van der Waals surface area contributed by atoms with Crippen LogP contribution in [0.5, 0.6) is 0 Å². The summed E-state index contributed by atoms with van der Waals surface area (Å²) in [6.07, 6.45) is 4.26. The van der Waals surface area contributed by atoms with E-state index in [1.165, 1.54) is 10.6 Å². The first kappa shape index (κ1) is 9.81. The summed E-state index contributed by atoms with van der Waals surface area (Å²) in [7, 11) is 0. The van der Waals surface area contributed by atoms with Crippen LogP contribution in [-0.2, 0) is 0 Å². The molecule has 1 nitrogen and oxygen atoms in total. The van der Waals surface area contributed by atoms with Gasteiger partial charge in [-0.05, 0) is 36.4 Å². The highest BCUT2D eigenvalue weighted by Crippen LogP contribution is 2.09. The number of thioether (sulfide) groups is 1. The molecular weight excluding hydrogens is 186 g/mol. The van der Waals surface area contributed by atoms with Gasteiger partial charge in [-0.1, -0.05) is 13.0 Å². The van der Waals surface area contributed by atoms with E-state index < -0.39 is 0 Å². The van der Waals surface area contributed by atoms with Gasteiger partial charge in [-0.2, -0.15) is 16.1 Å². The third-order valence-corrected chi connectivity index (χ3v) is 2.90. The maximum absolute atomic E-state index is 4.26. The first-order chi connectivity index (χ1) is 5.83. The minimum Gasteiger partial charge on any atom is -0.193 e. The van der Waals surface area contributed by atoms with E-state index in [4.69, 9.17) is 0 Å². The Morgan fingerprint density at radius 2 is 2.50 bits per heavy atom. The van der Waals surface area contributed by atoms with Gasteiger partial charge in [0, 0.05) is 10.6 Å². The van der Waals surface area contributed by atoms with Crippen LogP contribution < -0.4 is 0 Å². The molecule has 1 aromatic rings. The normalized spacial score (nSPS) is 11.2. The lowest BCUT2D eigenvalue weighted by atomic mass is 10.3. The van der Waals surface area contributed by atoms with Crippen molar-refractivity contribution in [1.29, 1.82) is 0 Å². The molecular formula is C9H13NS2. The molecule has 0 amide bonds. The molecule has 0 saturated carbocycles. The highest BCUT2D eigenvalue weighted by atomic mass is 32.2. The van der Waals surface area contributed by atoms with Crippen LogP contribution in [0.2, 0.25) is 0 Å². The molecule has 1 aromatic heterocycles. The zero-order valence-electron chi connectivity index (χ0n) is 7.41. The Hall–Kier alpha value is -0.280. The highest BCUT2D eigenvalue weighted by Gasteiger charge is 1.91. The van der Waals surface area contributed by atoms with E-state index in [9.17, 15) is 0 Å². The first-order valence-corrected chi connectivity index (χ1v) is 5.93. The average Bonchev–Trinajstić information content (AvgIpc) is 2.45. The number of nitrogens with zero attached hydrogens (tertiary/aromatic N) is 1. The smallest absolute Gasteiger partial charge is 0.0768 e. The first-order valence-electron chi connectivity index (χ1n) is 4.00. The Morgan fingerprint density at radius 1 is 1.67 bits per heavy atom. The number of aryl methyl sites for hydroxylation is 1. The van der Waals surface area contributed by atoms with Crippen LogP contribution in [0.15, 0.2) is 12.1 Å². The second-order valence-electron chi connectivity index (χ2n) is 2.42. The predicted molar refractivity (Wildman–Crippen MR) is 58.9 cm³/mol. The van der Waals surface area contributed by atoms with Gasteiger partial charge in [0.05, 0.1) is 5.69 Å². The van der Waals surface area contributed by atoms with Crippen molar-refractivity contribution in [3.05, 3.63) is 22.7 Å². The van der Waals surface area contributed by atoms with E-state index in [0.29, 0.717) is 0 Å². The Bertz CT molecular complexity index is 253. The maximum Gasteiger partial charge on any atom is 0.0768 e. The van der Waals surface area contributed by atoms with Gasteiger partial charge in [-0.3, -0.25) is 0 Å². The fraction of sp³-hybridized carbons (Fsp3) is 0.444. The third-order valence-electron chi connectivity index (χ3n) is 1.35. The molecule has 66 valence electrons. The van der Waals surface area contributed by atoms with E-state index in [1.54, 1.807) is 11.5 Å². The predicted octanol–water partition coefficient (Wildman–Crippen LogP) is 3.22. The topological polar surface area (TPSA) is 12.9 Å². The molecule has 0 bridgehead atoms. The number of aromatic nitrogens is 1. The molecule has 0 aliphatic carbocycles. The van der Waals surface area contributed by atoms with E-state index >= 15 is 0 Å². The maximum atomic E-state index is 4.26. The molecule has 0 saturated heterocycles. The summed E-state index contributed by atoms with van der Waals surface area (Å²) in [5, 5.41) is 0. The number of rotatable bonds is 4. The van der Waals surface area contributed by atoms with Gasteiger partial charge in [-0.25, -0.2) is 0 Å². The molecule has 12 heavy (non-hydrogen) atoms. The van der Waals surface area contributed by atoms with Crippen LogP contribution in [0.25, 0.3) is 6.08 Å². The lowest BCUT2D eigenvalue weighted by Crippen LogP contribution is -1.72. The monoisotopic (exact) mass is 199 g/mol. The van der Waals surface area contributed by atoms with E-state index in [0.717, 1.165) is 11.4 Å². The molecule has 1 heterocycles. The Labute approximate surface area is 82.1 Å². The summed E-state index contributed by atoms with van der Waals surface area (Å²) >= 11 is 3.48. The molecule has 0 atom stereocenters. The zero-order valence-corrected chi connectivity index (χ0v) is 9.04. The van der Waals surface area contributed by atoms with Crippen molar-refractivity contribution in [2.24, 2.45) is 0 Å². The molecule has 0 spiro atoms. The van der Waals surface area contributed by atoms with E-state index in [1.807, 2.05) is 11.8 Å². The lowest BCUT2D eigenvalue weighted by Gasteiger charge is -1.87. The van der Waals surface area contributed by atoms with Crippen LogP contribution in [-0.4, -0.2) is 15.9 Å². The molecule has 0 aromatic carbocycles. The second kappa shape index (κ2) is 5.38. The van der Waals surface area contributed by atoms with Gasteiger partial charge in [0.1, 0.15) is 0 Å². The van der Waals surface area contributed by atoms with Crippen molar-refractivity contribution >= 4 is 29.4 Å². The van der Waals surface area contributed by atoms with Crippen molar-refractivity contribution in [2.45, 2.75) is 13.8 Å². The highest BCUT2D eigenvalue weighted by molar-refractivity contribution is 7.99. The zero-order chi connectivity index (χ0) is 8.81. The Balaban J connectivity index is 2.36. The lowest BCUT2D eigenvalue weighted by molar-refractivity contribution is 1.49. The van der Waals surface area contributed by atoms with Crippen LogP contribution in [0, 0.1) is 6.92 Å². The quantitative estimate of drug-likeness (QED) is 0.691. The van der Waals surface area contributed by atoms with Crippen LogP contribution in [0.4, 0.5) is 0 Å². The standard InChI is InChI=1S/C9H13NS2/c1-3-11-6-4-5-9-7-8(2)12-10-9/h4-5,7H,3,6H2,1-2H3/b5-4+. The molecule has 3 heteroatoms. The van der Waals surface area contributed by atoms with Crippen molar-refractivity contribution < 1.29 is 0 Å². The molecule has 0 N–H and O–H groups in total. The molecule has 0 radical (unpaired) electrons. The van der Waals surface area contributed by atoms with Crippen molar-refractivity contribution in [2.75, 3.05) is 11.5 Å².